The molecule has 2 aromatic carbocycles. The summed E-state index contributed by atoms with van der Waals surface area (Å²) in [6.45, 7) is 6.48. The van der Waals surface area contributed by atoms with Crippen LogP contribution in [-0.4, -0.2) is 69.4 Å². The molecule has 0 unspecified atom stereocenters. The van der Waals surface area contributed by atoms with Crippen LogP contribution in [0.2, 0.25) is 0 Å². The first-order valence-corrected chi connectivity index (χ1v) is 13.2. The number of aromatic carboxylic acids is 1. The van der Waals surface area contributed by atoms with Gasteiger partial charge in [0.25, 0.3) is 0 Å². The molecule has 0 aliphatic carbocycles. The van der Waals surface area contributed by atoms with Gasteiger partial charge in [-0.3, -0.25) is 4.90 Å². The fourth-order valence-electron chi connectivity index (χ4n) is 5.08. The summed E-state index contributed by atoms with van der Waals surface area (Å²) in [4.78, 5) is 26.0. The molecule has 6 rings (SSSR count). The Morgan fingerprint density at radius 3 is 2.55 bits per heavy atom. The van der Waals surface area contributed by atoms with Crippen LogP contribution in [0.1, 0.15) is 28.2 Å². The monoisotopic (exact) mass is 512 g/mol. The summed E-state index contributed by atoms with van der Waals surface area (Å²) in [6.07, 6.45) is 1.17. The van der Waals surface area contributed by atoms with Crippen LogP contribution in [0.25, 0.3) is 11.0 Å². The first-order valence-electron chi connectivity index (χ1n) is 13.2. The third kappa shape index (κ3) is 5.34. The van der Waals surface area contributed by atoms with Gasteiger partial charge in [0.15, 0.2) is 0 Å². The Kier molecular flexibility index (Phi) is 6.94. The molecule has 0 bridgehead atoms. The minimum absolute atomic E-state index is 0.158. The van der Waals surface area contributed by atoms with Crippen molar-refractivity contribution in [1.29, 1.82) is 0 Å². The number of rotatable bonds is 9. The number of carboxylic acids is 1. The van der Waals surface area contributed by atoms with Gasteiger partial charge < -0.3 is 24.6 Å². The number of carbonyl (C=O) groups is 1. The van der Waals surface area contributed by atoms with Crippen LogP contribution in [0, 0.1) is 0 Å². The predicted molar refractivity (Wildman–Crippen MR) is 147 cm³/mol. The first-order chi connectivity index (χ1) is 18.6. The number of pyridine rings is 1. The Balaban J connectivity index is 1.12. The molecule has 196 valence electrons. The lowest BCUT2D eigenvalue weighted by molar-refractivity contribution is -0.0592. The van der Waals surface area contributed by atoms with Crippen molar-refractivity contribution in [1.82, 2.24) is 19.4 Å². The lowest BCUT2D eigenvalue weighted by Gasteiger charge is -2.35. The van der Waals surface area contributed by atoms with E-state index in [1.165, 1.54) is 5.56 Å². The molecule has 0 saturated carbocycles. The molecule has 2 aliphatic heterocycles. The maximum Gasteiger partial charge on any atom is 0.335 e. The van der Waals surface area contributed by atoms with E-state index in [4.69, 9.17) is 14.7 Å². The van der Waals surface area contributed by atoms with Crippen LogP contribution < -0.4 is 10.2 Å². The predicted octanol–water partition coefficient (Wildman–Crippen LogP) is 3.85. The van der Waals surface area contributed by atoms with E-state index in [0.29, 0.717) is 13.1 Å². The van der Waals surface area contributed by atoms with Gasteiger partial charge >= 0.3 is 5.97 Å². The van der Waals surface area contributed by atoms with Crippen molar-refractivity contribution >= 4 is 28.6 Å². The molecule has 2 fully saturated rings. The molecule has 9 heteroatoms. The van der Waals surface area contributed by atoms with E-state index in [9.17, 15) is 9.90 Å². The van der Waals surface area contributed by atoms with Gasteiger partial charge in [0.1, 0.15) is 17.5 Å². The number of aromatic nitrogens is 3. The summed E-state index contributed by atoms with van der Waals surface area (Å²) in [5.41, 5.74) is 3.19. The molecule has 9 nitrogen and oxygen atoms in total. The minimum atomic E-state index is -0.926. The number of nitrogens with zero attached hydrogens (tertiary/aromatic N) is 5. The van der Waals surface area contributed by atoms with Gasteiger partial charge in [0.05, 0.1) is 35.8 Å². The molecule has 38 heavy (non-hydrogen) atoms. The van der Waals surface area contributed by atoms with E-state index in [2.05, 4.69) is 43.9 Å². The fourth-order valence-corrected chi connectivity index (χ4v) is 5.08. The van der Waals surface area contributed by atoms with Crippen molar-refractivity contribution in [2.45, 2.75) is 32.2 Å². The second-order valence-electron chi connectivity index (χ2n) is 9.91. The van der Waals surface area contributed by atoms with E-state index in [1.807, 2.05) is 30.3 Å². The number of anilines is 2. The number of benzene rings is 2. The number of nitrogens with one attached hydrogen (secondary N) is 1. The first kappa shape index (κ1) is 24.4. The molecular weight excluding hydrogens is 480 g/mol. The SMILES string of the molecule is O=C(O)c1ccc2nc(CN3CCN(c4cccc(NCc5ccccc5)n4)CC3)n(C[C@@H]3CCO3)c2c1. The van der Waals surface area contributed by atoms with E-state index in [0.717, 1.165) is 74.2 Å². The van der Waals surface area contributed by atoms with E-state index in [-0.39, 0.29) is 11.7 Å². The van der Waals surface area contributed by atoms with Crippen molar-refractivity contribution in [3.63, 3.8) is 0 Å². The maximum absolute atomic E-state index is 11.6. The van der Waals surface area contributed by atoms with Crippen LogP contribution in [-0.2, 0) is 24.4 Å². The van der Waals surface area contributed by atoms with Crippen molar-refractivity contribution in [2.75, 3.05) is 43.0 Å². The molecule has 0 spiro atoms. The number of hydrogen-bond acceptors (Lipinski definition) is 7. The molecule has 2 N–H and O–H groups in total. The molecule has 4 heterocycles. The quantitative estimate of drug-likeness (QED) is 0.349. The number of fused-ring (bicyclic) bond motifs is 1. The Hall–Kier alpha value is -3.95. The topological polar surface area (TPSA) is 95.8 Å². The van der Waals surface area contributed by atoms with Gasteiger partial charge in [0.2, 0.25) is 0 Å². The highest BCUT2D eigenvalue weighted by Crippen LogP contribution is 2.24. The summed E-state index contributed by atoms with van der Waals surface area (Å²) in [7, 11) is 0. The minimum Gasteiger partial charge on any atom is -0.478 e. The molecule has 1 atom stereocenters. The summed E-state index contributed by atoms with van der Waals surface area (Å²) >= 11 is 0. The van der Waals surface area contributed by atoms with E-state index >= 15 is 0 Å². The third-order valence-electron chi connectivity index (χ3n) is 7.37. The molecular formula is C29H32N6O3. The Bertz CT molecular complexity index is 1410. The molecule has 0 radical (unpaired) electrons. The van der Waals surface area contributed by atoms with Gasteiger partial charge in [-0.15, -0.1) is 0 Å². The highest BCUT2D eigenvalue weighted by atomic mass is 16.5. The average molecular weight is 513 g/mol. The number of hydrogen-bond donors (Lipinski definition) is 2. The summed E-state index contributed by atoms with van der Waals surface area (Å²) < 4.78 is 7.85. The smallest absolute Gasteiger partial charge is 0.335 e. The van der Waals surface area contributed by atoms with Crippen LogP contribution >= 0.6 is 0 Å². The average Bonchev–Trinajstić information content (AvgIpc) is 3.26. The Morgan fingerprint density at radius 1 is 1.00 bits per heavy atom. The summed E-state index contributed by atoms with van der Waals surface area (Å²) in [6, 6.07) is 21.6. The zero-order valence-electron chi connectivity index (χ0n) is 21.3. The molecule has 2 aromatic heterocycles. The molecule has 2 saturated heterocycles. The molecule has 4 aromatic rings. The normalized spacial score (nSPS) is 17.9. The van der Waals surface area contributed by atoms with Crippen molar-refractivity contribution in [3.8, 4) is 0 Å². The van der Waals surface area contributed by atoms with E-state index in [1.54, 1.807) is 12.1 Å². The zero-order valence-corrected chi connectivity index (χ0v) is 21.3. The lowest BCUT2D eigenvalue weighted by atomic mass is 10.1. The summed E-state index contributed by atoms with van der Waals surface area (Å²) in [5, 5.41) is 12.9. The fraction of sp³-hybridized carbons (Fsp3) is 0.345. The third-order valence-corrected chi connectivity index (χ3v) is 7.37. The van der Waals surface area contributed by atoms with Crippen molar-refractivity contribution in [2.24, 2.45) is 0 Å². The van der Waals surface area contributed by atoms with E-state index < -0.39 is 5.97 Å². The van der Waals surface area contributed by atoms with Gasteiger partial charge in [-0.05, 0) is 42.3 Å². The van der Waals surface area contributed by atoms with Gasteiger partial charge in [0, 0.05) is 39.3 Å². The number of carboxylic acid groups (broad SMARTS) is 1. The maximum atomic E-state index is 11.6. The summed E-state index contributed by atoms with van der Waals surface area (Å²) in [5.74, 6) is 1.89. The Morgan fingerprint density at radius 2 is 1.82 bits per heavy atom. The van der Waals surface area contributed by atoms with Gasteiger partial charge in [-0.1, -0.05) is 36.4 Å². The lowest BCUT2D eigenvalue weighted by Crippen LogP contribution is -2.46. The van der Waals surface area contributed by atoms with Crippen LogP contribution in [0.5, 0.6) is 0 Å². The van der Waals surface area contributed by atoms with Crippen molar-refractivity contribution < 1.29 is 14.6 Å². The largest absolute Gasteiger partial charge is 0.478 e. The molecule has 0 amide bonds. The number of imidazole rings is 1. The second-order valence-corrected chi connectivity index (χ2v) is 9.91. The van der Waals surface area contributed by atoms with Crippen LogP contribution in [0.15, 0.2) is 66.7 Å². The van der Waals surface area contributed by atoms with Crippen LogP contribution in [0.4, 0.5) is 11.6 Å². The number of ether oxygens (including phenoxy) is 1. The van der Waals surface area contributed by atoms with Gasteiger partial charge in [-0.2, -0.15) is 0 Å². The highest BCUT2D eigenvalue weighted by molar-refractivity contribution is 5.92. The highest BCUT2D eigenvalue weighted by Gasteiger charge is 2.25. The van der Waals surface area contributed by atoms with Gasteiger partial charge in [-0.25, -0.2) is 14.8 Å². The molecule has 2 aliphatic rings. The van der Waals surface area contributed by atoms with Crippen molar-refractivity contribution in [3.05, 3.63) is 83.7 Å². The second kappa shape index (κ2) is 10.8. The zero-order chi connectivity index (χ0) is 25.9. The standard InChI is InChI=1S/C29H32N6O3/c36-29(37)22-9-10-24-25(17-22)35(19-23-11-16-38-23)28(31-24)20-33-12-14-34(15-13-33)27-8-4-7-26(32-27)30-18-21-5-2-1-3-6-21/h1-10,17,23H,11-16,18-20H2,(H,30,32)(H,36,37)/t23-/m0/s1. The Labute approximate surface area is 221 Å². The number of piperazine rings is 1. The van der Waals surface area contributed by atoms with Crippen LogP contribution in [0.3, 0.4) is 0 Å².